The fourth-order valence-corrected chi connectivity index (χ4v) is 5.24. The van der Waals surface area contributed by atoms with Gasteiger partial charge in [-0.3, -0.25) is 9.59 Å². The molecule has 0 saturated carbocycles. The number of benzene rings is 3. The van der Waals surface area contributed by atoms with Gasteiger partial charge < -0.3 is 9.88 Å². The smallest absolute Gasteiger partial charge is 0.244 e. The summed E-state index contributed by atoms with van der Waals surface area (Å²) in [5, 5.41) is 2.98. The van der Waals surface area contributed by atoms with Crippen molar-refractivity contribution in [3.8, 4) is 0 Å². The Morgan fingerprint density at radius 2 is 1.79 bits per heavy atom. The SMILES string of the molecule is Cc1ccc(S(=O)(=O)c2cn(CC(=O)Nc3cccc(Cl)c3)c3ccc(F)cc3c2=O)cc1C. The van der Waals surface area contributed by atoms with Crippen LogP contribution in [0.15, 0.2) is 81.4 Å². The number of amides is 1. The van der Waals surface area contributed by atoms with E-state index in [-0.39, 0.29) is 22.3 Å². The number of aromatic nitrogens is 1. The topological polar surface area (TPSA) is 85.2 Å². The minimum absolute atomic E-state index is 0.0571. The van der Waals surface area contributed by atoms with Crippen LogP contribution in [0.25, 0.3) is 10.9 Å². The summed E-state index contributed by atoms with van der Waals surface area (Å²) >= 11 is 5.96. The van der Waals surface area contributed by atoms with Crippen LogP contribution in [0.5, 0.6) is 0 Å². The summed E-state index contributed by atoms with van der Waals surface area (Å²) in [7, 11) is -4.24. The third-order valence-electron chi connectivity index (χ3n) is 5.51. The maximum atomic E-state index is 14.0. The number of halogens is 2. The second-order valence-electron chi connectivity index (χ2n) is 7.92. The Hall–Kier alpha value is -3.49. The summed E-state index contributed by atoms with van der Waals surface area (Å²) in [5.41, 5.74) is 1.49. The molecule has 0 radical (unpaired) electrons. The lowest BCUT2D eigenvalue weighted by molar-refractivity contribution is -0.116. The van der Waals surface area contributed by atoms with Crippen molar-refractivity contribution >= 4 is 43.9 Å². The molecule has 1 aromatic heterocycles. The molecule has 4 rings (SSSR count). The van der Waals surface area contributed by atoms with E-state index in [1.165, 1.54) is 22.8 Å². The molecule has 0 aliphatic rings. The van der Waals surface area contributed by atoms with Crippen molar-refractivity contribution in [2.45, 2.75) is 30.2 Å². The van der Waals surface area contributed by atoms with E-state index in [1.54, 1.807) is 37.3 Å². The third kappa shape index (κ3) is 4.60. The van der Waals surface area contributed by atoms with Crippen LogP contribution < -0.4 is 10.7 Å². The molecular formula is C25H20ClFN2O4S. The number of nitrogens with zero attached hydrogens (tertiary/aromatic N) is 1. The average Bonchev–Trinajstić information content (AvgIpc) is 2.77. The highest BCUT2D eigenvalue weighted by atomic mass is 35.5. The molecule has 34 heavy (non-hydrogen) atoms. The summed E-state index contributed by atoms with van der Waals surface area (Å²) in [4.78, 5) is 25.3. The number of hydrogen-bond acceptors (Lipinski definition) is 4. The normalized spacial score (nSPS) is 11.5. The monoisotopic (exact) mass is 498 g/mol. The van der Waals surface area contributed by atoms with Crippen LogP contribution in [0.3, 0.4) is 0 Å². The van der Waals surface area contributed by atoms with E-state index in [9.17, 15) is 22.4 Å². The molecule has 3 aromatic carbocycles. The van der Waals surface area contributed by atoms with Gasteiger partial charge in [0.2, 0.25) is 21.2 Å². The molecule has 0 saturated heterocycles. The Labute approximate surface area is 200 Å². The minimum Gasteiger partial charge on any atom is -0.336 e. The van der Waals surface area contributed by atoms with Crippen molar-refractivity contribution in [2.75, 3.05) is 5.32 Å². The maximum absolute atomic E-state index is 14.0. The predicted molar refractivity (Wildman–Crippen MR) is 130 cm³/mol. The molecule has 1 amide bonds. The molecule has 0 aliphatic carbocycles. The van der Waals surface area contributed by atoms with E-state index >= 15 is 0 Å². The van der Waals surface area contributed by atoms with Gasteiger partial charge >= 0.3 is 0 Å². The summed E-state index contributed by atoms with van der Waals surface area (Å²) in [5.74, 6) is -1.17. The van der Waals surface area contributed by atoms with Gasteiger partial charge in [0.15, 0.2) is 0 Å². The fraction of sp³-hybridized carbons (Fsp3) is 0.120. The van der Waals surface area contributed by atoms with Crippen molar-refractivity contribution in [2.24, 2.45) is 0 Å². The van der Waals surface area contributed by atoms with E-state index < -0.39 is 31.9 Å². The molecule has 6 nitrogen and oxygen atoms in total. The molecule has 9 heteroatoms. The number of carbonyl (C=O) groups is 1. The number of pyridine rings is 1. The largest absolute Gasteiger partial charge is 0.336 e. The molecule has 0 fully saturated rings. The van der Waals surface area contributed by atoms with E-state index in [0.717, 1.165) is 29.5 Å². The lowest BCUT2D eigenvalue weighted by Gasteiger charge is -2.15. The van der Waals surface area contributed by atoms with Crippen LogP contribution in [0, 0.1) is 19.7 Å². The van der Waals surface area contributed by atoms with Crippen molar-refractivity contribution in [1.29, 1.82) is 0 Å². The fourth-order valence-electron chi connectivity index (χ4n) is 3.59. The number of anilines is 1. The first-order chi connectivity index (χ1) is 16.1. The second kappa shape index (κ2) is 9.04. The molecule has 0 unspecified atom stereocenters. The zero-order chi connectivity index (χ0) is 24.6. The second-order valence-corrected chi connectivity index (χ2v) is 10.3. The first-order valence-corrected chi connectivity index (χ1v) is 12.1. The zero-order valence-corrected chi connectivity index (χ0v) is 19.9. The number of hydrogen-bond donors (Lipinski definition) is 1. The number of nitrogens with one attached hydrogen (secondary N) is 1. The van der Waals surface area contributed by atoms with Gasteiger partial charge in [0, 0.05) is 22.3 Å². The average molecular weight is 499 g/mol. The minimum atomic E-state index is -4.24. The highest BCUT2D eigenvalue weighted by Crippen LogP contribution is 2.24. The Morgan fingerprint density at radius 1 is 1.03 bits per heavy atom. The summed E-state index contributed by atoms with van der Waals surface area (Å²) in [6.45, 7) is 3.29. The third-order valence-corrected chi connectivity index (χ3v) is 7.49. The van der Waals surface area contributed by atoms with Gasteiger partial charge in [0.1, 0.15) is 17.3 Å². The zero-order valence-electron chi connectivity index (χ0n) is 18.3. The van der Waals surface area contributed by atoms with Crippen LogP contribution in [-0.4, -0.2) is 18.9 Å². The van der Waals surface area contributed by atoms with Crippen LogP contribution in [0.2, 0.25) is 5.02 Å². The Morgan fingerprint density at radius 3 is 2.50 bits per heavy atom. The van der Waals surface area contributed by atoms with Crippen molar-refractivity contribution in [3.63, 3.8) is 0 Å². The van der Waals surface area contributed by atoms with E-state index in [1.807, 2.05) is 6.92 Å². The van der Waals surface area contributed by atoms with Gasteiger partial charge in [-0.05, 0) is 73.5 Å². The van der Waals surface area contributed by atoms with Gasteiger partial charge in [-0.15, -0.1) is 0 Å². The lowest BCUT2D eigenvalue weighted by Crippen LogP contribution is -2.24. The van der Waals surface area contributed by atoms with Gasteiger partial charge in [-0.25, -0.2) is 12.8 Å². The highest BCUT2D eigenvalue weighted by Gasteiger charge is 2.25. The Kier molecular flexibility index (Phi) is 6.29. The van der Waals surface area contributed by atoms with Gasteiger partial charge in [0.05, 0.1) is 10.4 Å². The molecule has 0 aliphatic heterocycles. The van der Waals surface area contributed by atoms with Crippen LogP contribution in [-0.2, 0) is 21.2 Å². The summed E-state index contributed by atoms with van der Waals surface area (Å²) in [6, 6.07) is 14.6. The number of sulfone groups is 1. The van der Waals surface area contributed by atoms with E-state index in [0.29, 0.717) is 10.7 Å². The molecule has 174 valence electrons. The lowest BCUT2D eigenvalue weighted by atomic mass is 10.1. The van der Waals surface area contributed by atoms with Gasteiger partial charge in [-0.1, -0.05) is 23.7 Å². The van der Waals surface area contributed by atoms with Gasteiger partial charge in [0.25, 0.3) is 0 Å². The summed E-state index contributed by atoms with van der Waals surface area (Å²) < 4.78 is 42.1. The van der Waals surface area contributed by atoms with E-state index in [4.69, 9.17) is 11.6 Å². The molecule has 4 aromatic rings. The molecular weight excluding hydrogens is 479 g/mol. The standard InChI is InChI=1S/C25H20ClFN2O4S/c1-15-6-8-20(10-16(15)2)34(32,33)23-13-29(22-9-7-18(27)12-21(22)25(23)31)14-24(30)28-19-5-3-4-17(26)11-19/h3-13H,14H2,1-2H3,(H,28,30). The number of carbonyl (C=O) groups excluding carboxylic acids is 1. The van der Waals surface area contributed by atoms with Crippen molar-refractivity contribution in [1.82, 2.24) is 4.57 Å². The Bertz CT molecular complexity index is 1610. The first kappa shape index (κ1) is 23.7. The van der Waals surface area contributed by atoms with E-state index in [2.05, 4.69) is 5.32 Å². The molecule has 1 heterocycles. The molecule has 0 bridgehead atoms. The molecule has 0 atom stereocenters. The number of aryl methyl sites for hydroxylation is 2. The number of fused-ring (bicyclic) bond motifs is 1. The highest BCUT2D eigenvalue weighted by molar-refractivity contribution is 7.91. The van der Waals surface area contributed by atoms with Crippen molar-refractivity contribution < 1.29 is 17.6 Å². The predicted octanol–water partition coefficient (Wildman–Crippen LogP) is 4.88. The Balaban J connectivity index is 1.84. The van der Waals surface area contributed by atoms with Crippen LogP contribution in [0.4, 0.5) is 10.1 Å². The molecule has 1 N–H and O–H groups in total. The van der Waals surface area contributed by atoms with Gasteiger partial charge in [-0.2, -0.15) is 0 Å². The molecule has 0 spiro atoms. The van der Waals surface area contributed by atoms with Crippen LogP contribution >= 0.6 is 11.6 Å². The maximum Gasteiger partial charge on any atom is 0.244 e. The van der Waals surface area contributed by atoms with Crippen LogP contribution in [0.1, 0.15) is 11.1 Å². The summed E-state index contributed by atoms with van der Waals surface area (Å²) in [6.07, 6.45) is 1.13. The number of rotatable bonds is 5. The first-order valence-electron chi connectivity index (χ1n) is 10.3. The van der Waals surface area contributed by atoms with Crippen molar-refractivity contribution in [3.05, 3.63) is 99.1 Å². The quantitative estimate of drug-likeness (QED) is 0.425.